The van der Waals surface area contributed by atoms with Gasteiger partial charge < -0.3 is 15.0 Å². The lowest BCUT2D eigenvalue weighted by atomic mass is 10.2. The quantitative estimate of drug-likeness (QED) is 0.620. The minimum atomic E-state index is -3.11. The summed E-state index contributed by atoms with van der Waals surface area (Å²) < 4.78 is 42.2. The van der Waals surface area contributed by atoms with Crippen LogP contribution in [-0.2, 0) is 19.4 Å². The van der Waals surface area contributed by atoms with Gasteiger partial charge in [-0.3, -0.25) is 9.79 Å². The van der Waals surface area contributed by atoms with Crippen molar-refractivity contribution in [3.8, 4) is 0 Å². The largest absolute Gasteiger partial charge is 0.462 e. The fraction of sp³-hybridized carbons (Fsp3) is 0.318. The van der Waals surface area contributed by atoms with Crippen molar-refractivity contribution in [2.24, 2.45) is 4.99 Å². The molecule has 0 aliphatic carbocycles. The van der Waals surface area contributed by atoms with Gasteiger partial charge in [-0.1, -0.05) is 11.8 Å². The van der Waals surface area contributed by atoms with Gasteiger partial charge in [-0.15, -0.1) is 0 Å². The maximum absolute atomic E-state index is 13.5. The van der Waals surface area contributed by atoms with Crippen molar-refractivity contribution in [2.45, 2.75) is 18.2 Å². The molecule has 1 N–H and O–H groups in total. The molecule has 8 nitrogen and oxygen atoms in total. The van der Waals surface area contributed by atoms with E-state index >= 15 is 0 Å². The molecule has 2 heterocycles. The van der Waals surface area contributed by atoms with E-state index < -0.39 is 21.6 Å². The summed E-state index contributed by atoms with van der Waals surface area (Å²) in [6.07, 6.45) is 0. The van der Waals surface area contributed by atoms with E-state index in [9.17, 15) is 22.4 Å². The number of benzene rings is 2. The number of carbonyl (C=O) groups is 2. The van der Waals surface area contributed by atoms with Gasteiger partial charge >= 0.3 is 5.97 Å². The lowest BCUT2D eigenvalue weighted by Crippen LogP contribution is -2.36. The fourth-order valence-electron chi connectivity index (χ4n) is 3.61. The Labute approximate surface area is 195 Å². The smallest absolute Gasteiger partial charge is 0.338 e. The number of fused-ring (bicyclic) bond motifs is 1. The van der Waals surface area contributed by atoms with Crippen LogP contribution in [0.25, 0.3) is 0 Å². The lowest BCUT2D eigenvalue weighted by Gasteiger charge is -2.24. The lowest BCUT2D eigenvalue weighted by molar-refractivity contribution is -0.114. The van der Waals surface area contributed by atoms with E-state index in [1.54, 1.807) is 48.2 Å². The van der Waals surface area contributed by atoms with Crippen molar-refractivity contribution in [1.82, 2.24) is 0 Å². The van der Waals surface area contributed by atoms with Gasteiger partial charge in [0, 0.05) is 16.6 Å². The second kappa shape index (κ2) is 9.52. The Morgan fingerprint density at radius 1 is 1.15 bits per heavy atom. The van der Waals surface area contributed by atoms with Crippen LogP contribution >= 0.6 is 11.8 Å². The highest BCUT2D eigenvalue weighted by atomic mass is 32.2. The average Bonchev–Trinajstić information content (AvgIpc) is 3.27. The molecule has 0 aromatic heterocycles. The highest BCUT2D eigenvalue weighted by Crippen LogP contribution is 2.36. The number of nitrogens with zero attached hydrogens (tertiary/aromatic N) is 2. The van der Waals surface area contributed by atoms with Crippen LogP contribution in [-0.4, -0.2) is 61.4 Å². The number of amides is 1. The van der Waals surface area contributed by atoms with Gasteiger partial charge in [0.15, 0.2) is 15.0 Å². The first-order valence-corrected chi connectivity index (χ1v) is 13.0. The number of rotatable bonds is 6. The van der Waals surface area contributed by atoms with E-state index in [0.29, 0.717) is 22.1 Å². The summed E-state index contributed by atoms with van der Waals surface area (Å²) in [4.78, 5) is 30.8. The van der Waals surface area contributed by atoms with E-state index in [1.165, 1.54) is 23.9 Å². The van der Waals surface area contributed by atoms with Crippen LogP contribution < -0.4 is 10.2 Å². The Bertz CT molecular complexity index is 1180. The van der Waals surface area contributed by atoms with E-state index in [0.717, 1.165) is 0 Å². The van der Waals surface area contributed by atoms with Crippen LogP contribution in [0, 0.1) is 5.82 Å². The number of amidine groups is 1. The number of carbonyl (C=O) groups excluding carboxylic acids is 2. The van der Waals surface area contributed by atoms with Gasteiger partial charge in [-0.2, -0.15) is 0 Å². The van der Waals surface area contributed by atoms with E-state index in [1.807, 2.05) is 0 Å². The Balaban J connectivity index is 1.49. The maximum Gasteiger partial charge on any atom is 0.338 e. The topological polar surface area (TPSA) is 105 Å². The number of nitrogens with one attached hydrogen (secondary N) is 1. The molecule has 2 atom stereocenters. The molecule has 1 fully saturated rings. The van der Waals surface area contributed by atoms with E-state index in [2.05, 4.69) is 10.3 Å². The Kier molecular flexibility index (Phi) is 6.71. The molecule has 1 amide bonds. The maximum atomic E-state index is 13.5. The number of ether oxygens (including phenoxy) is 1. The zero-order chi connectivity index (χ0) is 23.6. The highest BCUT2D eigenvalue weighted by Gasteiger charge is 2.44. The fourth-order valence-corrected chi connectivity index (χ4v) is 7.39. The molecule has 11 heteroatoms. The highest BCUT2D eigenvalue weighted by molar-refractivity contribution is 8.15. The molecule has 0 spiro atoms. The summed E-state index contributed by atoms with van der Waals surface area (Å²) in [5, 5.41) is 3.11. The van der Waals surface area contributed by atoms with Crippen molar-refractivity contribution >= 4 is 50.0 Å². The number of sulfone groups is 1. The third-order valence-corrected chi connectivity index (χ3v) is 8.40. The van der Waals surface area contributed by atoms with Crippen LogP contribution in [0.2, 0.25) is 0 Å². The van der Waals surface area contributed by atoms with E-state index in [-0.39, 0.29) is 41.9 Å². The molecular weight excluding hydrogens is 469 g/mol. The molecule has 0 saturated carbocycles. The first-order chi connectivity index (χ1) is 15.7. The van der Waals surface area contributed by atoms with Crippen molar-refractivity contribution in [3.63, 3.8) is 0 Å². The number of aliphatic imine (C=N–C) groups is 1. The zero-order valence-corrected chi connectivity index (χ0v) is 19.4. The van der Waals surface area contributed by atoms with Crippen molar-refractivity contribution in [3.05, 3.63) is 59.9 Å². The summed E-state index contributed by atoms with van der Waals surface area (Å²) in [7, 11) is -3.11. The second-order valence-corrected chi connectivity index (χ2v) is 11.0. The average molecular weight is 492 g/mol. The van der Waals surface area contributed by atoms with Gasteiger partial charge in [-0.25, -0.2) is 17.6 Å². The predicted molar refractivity (Wildman–Crippen MR) is 126 cm³/mol. The molecule has 2 aromatic rings. The van der Waals surface area contributed by atoms with Crippen LogP contribution in [0.1, 0.15) is 17.3 Å². The summed E-state index contributed by atoms with van der Waals surface area (Å²) >= 11 is 1.32. The minimum absolute atomic E-state index is 0.00949. The summed E-state index contributed by atoms with van der Waals surface area (Å²) in [6.45, 7) is 1.88. The standard InChI is InChI=1S/C22H22FN3O5S2/c1-2-31-21(28)14-3-7-16(8-4-14)24-20(27)11-26(17-9-5-15(23)6-10-17)22-25-18-12-33(29,30)13-19(18)32-22/h3-10,18-19H,2,11-13H2,1H3,(H,24,27)/t18-,19-/m1/s1. The zero-order valence-electron chi connectivity index (χ0n) is 17.7. The molecule has 4 rings (SSSR count). The molecular formula is C22H22FN3O5S2. The first kappa shape index (κ1) is 23.2. The Morgan fingerprint density at radius 2 is 1.85 bits per heavy atom. The normalized spacial score (nSPS) is 20.6. The van der Waals surface area contributed by atoms with Gasteiger partial charge in [-0.05, 0) is 55.5 Å². The molecule has 2 aliphatic rings. The number of hydrogen-bond acceptors (Lipinski definition) is 8. The Hall–Kier alpha value is -2.92. The first-order valence-electron chi connectivity index (χ1n) is 10.3. The van der Waals surface area contributed by atoms with Gasteiger partial charge in [0.2, 0.25) is 5.91 Å². The number of thioether (sulfide) groups is 1. The monoisotopic (exact) mass is 491 g/mol. The van der Waals surface area contributed by atoms with Crippen molar-refractivity contribution in [1.29, 1.82) is 0 Å². The Morgan fingerprint density at radius 3 is 2.48 bits per heavy atom. The van der Waals surface area contributed by atoms with Crippen LogP contribution in [0.4, 0.5) is 15.8 Å². The summed E-state index contributed by atoms with van der Waals surface area (Å²) in [6, 6.07) is 11.6. The number of hydrogen-bond donors (Lipinski definition) is 1. The third-order valence-electron chi connectivity index (χ3n) is 5.16. The van der Waals surface area contributed by atoms with Crippen LogP contribution in [0.3, 0.4) is 0 Å². The molecule has 0 unspecified atom stereocenters. The second-order valence-electron chi connectivity index (χ2n) is 7.62. The minimum Gasteiger partial charge on any atom is -0.462 e. The SMILES string of the molecule is CCOC(=O)c1ccc(NC(=O)CN(C2=N[C@@H]3CS(=O)(=O)C[C@H]3S2)c2ccc(F)cc2)cc1. The van der Waals surface area contributed by atoms with Crippen LogP contribution in [0.5, 0.6) is 0 Å². The predicted octanol–water partition coefficient (Wildman–Crippen LogP) is 2.72. The van der Waals surface area contributed by atoms with Gasteiger partial charge in [0.05, 0.1) is 29.7 Å². The molecule has 2 aliphatic heterocycles. The molecule has 0 bridgehead atoms. The molecule has 174 valence electrons. The van der Waals surface area contributed by atoms with E-state index in [4.69, 9.17) is 4.74 Å². The third kappa shape index (κ3) is 5.53. The molecule has 2 aromatic carbocycles. The number of anilines is 2. The summed E-state index contributed by atoms with van der Waals surface area (Å²) in [5.74, 6) is -1.16. The van der Waals surface area contributed by atoms with Crippen LogP contribution in [0.15, 0.2) is 53.5 Å². The number of esters is 1. The van der Waals surface area contributed by atoms with Crippen molar-refractivity contribution in [2.75, 3.05) is 34.9 Å². The molecule has 0 radical (unpaired) electrons. The van der Waals surface area contributed by atoms with Gasteiger partial charge in [0.1, 0.15) is 12.4 Å². The van der Waals surface area contributed by atoms with Gasteiger partial charge in [0.25, 0.3) is 0 Å². The molecule has 1 saturated heterocycles. The summed E-state index contributed by atoms with van der Waals surface area (Å²) in [5.41, 5.74) is 1.44. The van der Waals surface area contributed by atoms with Crippen molar-refractivity contribution < 1.29 is 27.1 Å². The number of halogens is 1. The molecule has 33 heavy (non-hydrogen) atoms.